The Morgan fingerprint density at radius 1 is 0.508 bits per heavy atom. The Bertz CT molecular complexity index is 2940. The standard InChI is InChI=1S/C56H43N3/c1-5-14-40(15-6-1)44-37-45(41-16-7-2-8-17-41)39-50(38-44)58-34-32-43-36-42(24-30-55(43)58)51-22-13-23-52-53(51)29-31-56-54(52)33-35-57(56)46-25-27-49(28-26-46)59(47-18-9-3-10-19-47)48-20-11-4-12-21-48/h1-16,18-35,37-39,41,43H,17,36H2. The second-order valence-electron chi connectivity index (χ2n) is 15.7. The topological polar surface area (TPSA) is 11.4 Å². The van der Waals surface area contributed by atoms with Crippen LogP contribution in [0.4, 0.5) is 22.7 Å². The van der Waals surface area contributed by atoms with Crippen LogP contribution >= 0.6 is 0 Å². The minimum Gasteiger partial charge on any atom is -0.321 e. The van der Waals surface area contributed by atoms with Crippen LogP contribution in [0.15, 0.2) is 230 Å². The van der Waals surface area contributed by atoms with Crippen LogP contribution in [0.2, 0.25) is 0 Å². The van der Waals surface area contributed by atoms with Crippen molar-refractivity contribution in [3.05, 3.63) is 242 Å². The van der Waals surface area contributed by atoms with Crippen molar-refractivity contribution in [1.29, 1.82) is 0 Å². The van der Waals surface area contributed by atoms with Crippen LogP contribution in [-0.2, 0) is 0 Å². The lowest BCUT2D eigenvalue weighted by Gasteiger charge is -2.27. The summed E-state index contributed by atoms with van der Waals surface area (Å²) < 4.78 is 2.31. The molecule has 2 unspecified atom stereocenters. The third-order valence-electron chi connectivity index (χ3n) is 12.2. The van der Waals surface area contributed by atoms with E-state index in [4.69, 9.17) is 0 Å². The molecule has 3 aliphatic rings. The number of hydrogen-bond donors (Lipinski definition) is 0. The van der Waals surface area contributed by atoms with Crippen molar-refractivity contribution in [2.24, 2.45) is 5.92 Å². The quantitative estimate of drug-likeness (QED) is 0.153. The first-order valence-electron chi connectivity index (χ1n) is 20.7. The monoisotopic (exact) mass is 757 g/mol. The van der Waals surface area contributed by atoms with Gasteiger partial charge in [0.25, 0.3) is 0 Å². The molecule has 0 bridgehead atoms. The normalized spacial score (nSPS) is 17.0. The lowest BCUT2D eigenvalue weighted by molar-refractivity contribution is 0.787. The Kier molecular flexibility index (Phi) is 8.78. The van der Waals surface area contributed by atoms with Crippen molar-refractivity contribution in [3.63, 3.8) is 0 Å². The minimum atomic E-state index is 0.319. The molecule has 282 valence electrons. The lowest BCUT2D eigenvalue weighted by atomic mass is 9.86. The molecule has 11 rings (SSSR count). The first-order chi connectivity index (χ1) is 29.2. The molecule has 2 aliphatic carbocycles. The van der Waals surface area contributed by atoms with Gasteiger partial charge in [-0.25, -0.2) is 0 Å². The molecule has 3 heteroatoms. The van der Waals surface area contributed by atoms with Crippen LogP contribution in [0, 0.1) is 5.92 Å². The van der Waals surface area contributed by atoms with E-state index in [1.807, 2.05) is 0 Å². The van der Waals surface area contributed by atoms with Crippen LogP contribution in [0.1, 0.15) is 29.9 Å². The van der Waals surface area contributed by atoms with Crippen LogP contribution in [-0.4, -0.2) is 4.57 Å². The molecule has 2 heterocycles. The predicted molar refractivity (Wildman–Crippen MR) is 249 cm³/mol. The number of nitrogens with zero attached hydrogens (tertiary/aromatic N) is 3. The van der Waals surface area contributed by atoms with E-state index in [2.05, 4.69) is 239 Å². The highest BCUT2D eigenvalue weighted by Crippen LogP contribution is 2.44. The summed E-state index contributed by atoms with van der Waals surface area (Å²) in [5.74, 6) is 0.696. The molecule has 0 spiro atoms. The third kappa shape index (κ3) is 6.42. The molecular formula is C56H43N3. The zero-order valence-corrected chi connectivity index (χ0v) is 32.8. The maximum Gasteiger partial charge on any atom is 0.0534 e. The van der Waals surface area contributed by atoms with Crippen LogP contribution < -0.4 is 9.80 Å². The van der Waals surface area contributed by atoms with Crippen molar-refractivity contribution < 1.29 is 0 Å². The molecule has 0 saturated carbocycles. The SMILES string of the molecule is C1=CCC(c2cc(-c3ccccc3)cc(N3C=CC4CC(c5cccc6c5ccc5c6ccn5-c5ccc(N(c6ccccc6)c6ccccc6)cc5)=CC=C43)c2)C=C1. The van der Waals surface area contributed by atoms with Crippen LogP contribution in [0.3, 0.4) is 0 Å². The summed E-state index contributed by atoms with van der Waals surface area (Å²) in [6.45, 7) is 0. The smallest absolute Gasteiger partial charge is 0.0534 e. The fraction of sp³-hybridized carbons (Fsp3) is 0.0714. The molecule has 7 aromatic carbocycles. The number of hydrogen-bond acceptors (Lipinski definition) is 2. The number of anilines is 4. The molecule has 1 aliphatic heterocycles. The van der Waals surface area contributed by atoms with Gasteiger partial charge in [0.05, 0.1) is 5.52 Å². The summed E-state index contributed by atoms with van der Waals surface area (Å²) in [6, 6.07) is 61.7. The fourth-order valence-corrected chi connectivity index (χ4v) is 9.32. The Labute approximate surface area is 346 Å². The number of aromatic nitrogens is 1. The highest BCUT2D eigenvalue weighted by molar-refractivity contribution is 6.10. The maximum atomic E-state index is 2.42. The first kappa shape index (κ1) is 34.9. The summed E-state index contributed by atoms with van der Waals surface area (Å²) in [5.41, 5.74) is 14.9. The average Bonchev–Trinajstić information content (AvgIpc) is 3.95. The molecule has 2 atom stereocenters. The third-order valence-corrected chi connectivity index (χ3v) is 12.2. The van der Waals surface area contributed by atoms with Gasteiger partial charge in [0.1, 0.15) is 0 Å². The fourth-order valence-electron chi connectivity index (χ4n) is 9.32. The van der Waals surface area contributed by atoms with E-state index in [9.17, 15) is 0 Å². The molecule has 0 N–H and O–H groups in total. The summed E-state index contributed by atoms with van der Waals surface area (Å²) in [4.78, 5) is 4.72. The van der Waals surface area contributed by atoms with Gasteiger partial charge in [0.15, 0.2) is 0 Å². The van der Waals surface area contributed by atoms with Gasteiger partial charge in [0.2, 0.25) is 0 Å². The number of fused-ring (bicyclic) bond motifs is 4. The van der Waals surface area contributed by atoms with Crippen molar-refractivity contribution in [2.45, 2.75) is 18.8 Å². The zero-order chi connectivity index (χ0) is 39.1. The summed E-state index contributed by atoms with van der Waals surface area (Å²) >= 11 is 0. The van der Waals surface area contributed by atoms with Crippen molar-refractivity contribution in [2.75, 3.05) is 9.80 Å². The van der Waals surface area contributed by atoms with E-state index < -0.39 is 0 Å². The number of allylic oxidation sites excluding steroid dienone is 8. The van der Waals surface area contributed by atoms with Crippen molar-refractivity contribution in [1.82, 2.24) is 4.57 Å². The van der Waals surface area contributed by atoms with E-state index in [1.54, 1.807) is 0 Å². The van der Waals surface area contributed by atoms with Gasteiger partial charge < -0.3 is 14.4 Å². The average molecular weight is 758 g/mol. The van der Waals surface area contributed by atoms with Gasteiger partial charge in [0, 0.05) is 63.8 Å². The molecule has 0 saturated heterocycles. The molecule has 59 heavy (non-hydrogen) atoms. The maximum absolute atomic E-state index is 2.42. The molecule has 0 radical (unpaired) electrons. The Balaban J connectivity index is 0.906. The molecule has 3 nitrogen and oxygen atoms in total. The zero-order valence-electron chi connectivity index (χ0n) is 32.8. The van der Waals surface area contributed by atoms with Crippen LogP contribution in [0.25, 0.3) is 44.1 Å². The molecule has 1 aromatic heterocycles. The second-order valence-corrected chi connectivity index (χ2v) is 15.7. The predicted octanol–water partition coefficient (Wildman–Crippen LogP) is 14.8. The van der Waals surface area contributed by atoms with Gasteiger partial charge in [-0.3, -0.25) is 0 Å². The van der Waals surface area contributed by atoms with Gasteiger partial charge in [-0.1, -0.05) is 134 Å². The first-order valence-corrected chi connectivity index (χ1v) is 20.7. The lowest BCUT2D eigenvalue weighted by Crippen LogP contribution is -2.17. The highest BCUT2D eigenvalue weighted by atomic mass is 15.2. The van der Waals surface area contributed by atoms with E-state index >= 15 is 0 Å². The summed E-state index contributed by atoms with van der Waals surface area (Å²) in [7, 11) is 0. The van der Waals surface area contributed by atoms with Gasteiger partial charge in [-0.2, -0.15) is 0 Å². The number of rotatable bonds is 8. The second kappa shape index (κ2) is 14.9. The largest absolute Gasteiger partial charge is 0.321 e. The number of para-hydroxylation sites is 2. The van der Waals surface area contributed by atoms with Crippen LogP contribution in [0.5, 0.6) is 0 Å². The van der Waals surface area contributed by atoms with Gasteiger partial charge >= 0.3 is 0 Å². The Morgan fingerprint density at radius 2 is 1.25 bits per heavy atom. The molecular weight excluding hydrogens is 715 g/mol. The highest BCUT2D eigenvalue weighted by Gasteiger charge is 2.29. The Hall–Kier alpha value is -7.36. The summed E-state index contributed by atoms with van der Waals surface area (Å²) in [6.07, 6.45) is 22.6. The van der Waals surface area contributed by atoms with Crippen molar-refractivity contribution in [3.8, 4) is 16.8 Å². The van der Waals surface area contributed by atoms with E-state index in [-0.39, 0.29) is 0 Å². The van der Waals surface area contributed by atoms with E-state index in [1.165, 1.54) is 60.9 Å². The van der Waals surface area contributed by atoms with E-state index in [0.717, 1.165) is 35.6 Å². The van der Waals surface area contributed by atoms with E-state index in [0.29, 0.717) is 11.8 Å². The molecule has 0 amide bonds. The minimum absolute atomic E-state index is 0.319. The Morgan fingerprint density at radius 3 is 2.00 bits per heavy atom. The molecule has 0 fully saturated rings. The molecule has 8 aromatic rings. The van der Waals surface area contributed by atoms with Gasteiger partial charge in [-0.15, -0.1) is 0 Å². The van der Waals surface area contributed by atoms with Crippen molar-refractivity contribution >= 4 is 50.0 Å². The number of benzene rings is 7. The van der Waals surface area contributed by atoms with Gasteiger partial charge in [-0.05, 0) is 130 Å². The summed E-state index contributed by atoms with van der Waals surface area (Å²) in [5, 5.41) is 3.85.